The molecule has 0 aromatic heterocycles. The molecule has 0 unspecified atom stereocenters. The molecule has 0 heterocycles. The third kappa shape index (κ3) is 4.58. The second-order valence-corrected chi connectivity index (χ2v) is 1.03. The topological polar surface area (TPSA) is 96.0 Å². The molecular formula is C4H2O7. The fraction of sp³-hybridized carbons (Fsp3) is 0. The number of rotatable bonds is 2. The molecule has 0 spiro atoms. The minimum atomic E-state index is -1.56. The lowest BCUT2D eigenvalue weighted by Crippen LogP contribution is -2.13. The molecule has 0 N–H and O–H groups in total. The lowest BCUT2D eigenvalue weighted by atomic mass is 11.2. The lowest BCUT2D eigenvalue weighted by molar-refractivity contribution is -0.126. The summed E-state index contributed by atoms with van der Waals surface area (Å²) in [6.45, 7) is -0.479. The van der Waals surface area contributed by atoms with E-state index in [1.54, 1.807) is 0 Å². The molecule has 0 atom stereocenters. The van der Waals surface area contributed by atoms with Crippen molar-refractivity contribution in [2.24, 2.45) is 0 Å². The summed E-state index contributed by atoms with van der Waals surface area (Å²) in [6, 6.07) is 0. The van der Waals surface area contributed by atoms with Crippen molar-refractivity contribution >= 4 is 25.3 Å². The van der Waals surface area contributed by atoms with Gasteiger partial charge in [-0.3, -0.25) is 9.59 Å². The number of hydrogen-bond donors (Lipinski definition) is 0. The molecule has 0 aromatic rings. The molecule has 0 fully saturated rings. The van der Waals surface area contributed by atoms with Crippen LogP contribution in [0.3, 0.4) is 0 Å². The third-order valence-corrected chi connectivity index (χ3v) is 0.455. The first-order valence-corrected chi connectivity index (χ1v) is 2.17. The number of ether oxygens (including phenoxy) is 3. The minimum absolute atomic E-state index is 0.240. The van der Waals surface area contributed by atoms with Crippen LogP contribution in [0, 0.1) is 0 Å². The lowest BCUT2D eigenvalue weighted by Gasteiger charge is -1.94. The standard InChI is InChI=1S/C4H2O7/c5-1-9-3(7)11-4(8)10-2-6/h1-2H. The Bertz CT molecular complexity index is 163. The first-order valence-electron chi connectivity index (χ1n) is 2.17. The van der Waals surface area contributed by atoms with Crippen LogP contribution in [0.25, 0.3) is 0 Å². The van der Waals surface area contributed by atoms with Crippen molar-refractivity contribution in [1.82, 2.24) is 0 Å². The Balaban J connectivity index is 3.65. The number of carbonyl (C=O) groups excluding carboxylic acids is 4. The monoisotopic (exact) mass is 162 g/mol. The second-order valence-electron chi connectivity index (χ2n) is 1.03. The summed E-state index contributed by atoms with van der Waals surface area (Å²) in [5.74, 6) is 0. The van der Waals surface area contributed by atoms with Crippen LogP contribution in [0.15, 0.2) is 0 Å². The van der Waals surface area contributed by atoms with Crippen LogP contribution < -0.4 is 0 Å². The zero-order chi connectivity index (χ0) is 8.69. The van der Waals surface area contributed by atoms with E-state index in [1.165, 1.54) is 0 Å². The molecular weight excluding hydrogens is 160 g/mol. The summed E-state index contributed by atoms with van der Waals surface area (Å²) < 4.78 is 10.5. The van der Waals surface area contributed by atoms with Gasteiger partial charge in [-0.25, -0.2) is 9.59 Å². The summed E-state index contributed by atoms with van der Waals surface area (Å²) in [4.78, 5) is 38.9. The predicted octanol–water partition coefficient (Wildman–Crippen LogP) is -0.411. The summed E-state index contributed by atoms with van der Waals surface area (Å²) in [5.41, 5.74) is 0. The maximum atomic E-state index is 10.0. The van der Waals surface area contributed by atoms with E-state index >= 15 is 0 Å². The molecule has 0 amide bonds. The van der Waals surface area contributed by atoms with Gasteiger partial charge in [0.15, 0.2) is 0 Å². The Morgan fingerprint density at radius 2 is 1.27 bits per heavy atom. The number of carbonyl (C=O) groups is 4. The predicted molar refractivity (Wildman–Crippen MR) is 26.2 cm³/mol. The molecule has 60 valence electrons. The van der Waals surface area contributed by atoms with E-state index in [1.807, 2.05) is 0 Å². The third-order valence-electron chi connectivity index (χ3n) is 0.455. The quantitative estimate of drug-likeness (QED) is 0.309. The van der Waals surface area contributed by atoms with E-state index in [0.717, 1.165) is 0 Å². The molecule has 0 aromatic carbocycles. The van der Waals surface area contributed by atoms with Crippen LogP contribution >= 0.6 is 0 Å². The van der Waals surface area contributed by atoms with Gasteiger partial charge in [-0.15, -0.1) is 0 Å². The van der Waals surface area contributed by atoms with Crippen molar-refractivity contribution in [1.29, 1.82) is 0 Å². The molecule has 0 aliphatic rings. The molecule has 0 bridgehead atoms. The Morgan fingerprint density at radius 1 is 0.909 bits per heavy atom. The van der Waals surface area contributed by atoms with Gasteiger partial charge >= 0.3 is 25.3 Å². The van der Waals surface area contributed by atoms with Gasteiger partial charge in [-0.05, 0) is 0 Å². The maximum Gasteiger partial charge on any atom is 0.526 e. The van der Waals surface area contributed by atoms with Gasteiger partial charge in [0.1, 0.15) is 0 Å². The van der Waals surface area contributed by atoms with Gasteiger partial charge in [0, 0.05) is 0 Å². The first-order chi connectivity index (χ1) is 5.20. The van der Waals surface area contributed by atoms with E-state index in [-0.39, 0.29) is 12.9 Å². The Hall–Kier alpha value is -1.92. The van der Waals surface area contributed by atoms with Crippen LogP contribution in [0.1, 0.15) is 0 Å². The van der Waals surface area contributed by atoms with Gasteiger partial charge in [0.2, 0.25) is 0 Å². The second kappa shape index (κ2) is 4.91. The average molecular weight is 162 g/mol. The Kier molecular flexibility index (Phi) is 4.06. The van der Waals surface area contributed by atoms with Gasteiger partial charge in [-0.1, -0.05) is 0 Å². The molecule has 0 aliphatic carbocycles. The van der Waals surface area contributed by atoms with Gasteiger partial charge < -0.3 is 14.2 Å². The van der Waals surface area contributed by atoms with Crippen molar-refractivity contribution in [3.8, 4) is 0 Å². The highest BCUT2D eigenvalue weighted by Gasteiger charge is 2.11. The van der Waals surface area contributed by atoms with Crippen LogP contribution in [-0.4, -0.2) is 25.3 Å². The molecule has 0 saturated carbocycles. The van der Waals surface area contributed by atoms with Gasteiger partial charge in [-0.2, -0.15) is 0 Å². The molecule has 0 aliphatic heterocycles. The van der Waals surface area contributed by atoms with E-state index in [0.29, 0.717) is 0 Å². The molecule has 0 saturated heterocycles. The number of hydrogen-bond acceptors (Lipinski definition) is 7. The zero-order valence-corrected chi connectivity index (χ0v) is 5.01. The SMILES string of the molecule is O=COC(=O)OC(=O)OC=O. The highest BCUT2D eigenvalue weighted by atomic mass is 16.8. The average Bonchev–Trinajstić information content (AvgIpc) is 1.87. The summed E-state index contributed by atoms with van der Waals surface area (Å²) in [7, 11) is 0. The maximum absolute atomic E-state index is 10.0. The largest absolute Gasteiger partial charge is 0.526 e. The molecule has 0 rings (SSSR count). The van der Waals surface area contributed by atoms with E-state index in [9.17, 15) is 19.2 Å². The van der Waals surface area contributed by atoms with E-state index < -0.39 is 12.3 Å². The van der Waals surface area contributed by atoms with Crippen molar-refractivity contribution in [2.45, 2.75) is 0 Å². The van der Waals surface area contributed by atoms with Crippen LogP contribution in [0.5, 0.6) is 0 Å². The minimum Gasteiger partial charge on any atom is -0.363 e. The summed E-state index contributed by atoms with van der Waals surface area (Å²) in [6.07, 6.45) is -3.13. The summed E-state index contributed by atoms with van der Waals surface area (Å²) in [5, 5.41) is 0. The van der Waals surface area contributed by atoms with Gasteiger partial charge in [0.25, 0.3) is 0 Å². The summed E-state index contributed by atoms with van der Waals surface area (Å²) >= 11 is 0. The molecule has 7 heteroatoms. The van der Waals surface area contributed by atoms with Crippen LogP contribution in [0.4, 0.5) is 9.59 Å². The highest BCUT2D eigenvalue weighted by molar-refractivity contribution is 5.82. The molecule has 7 nitrogen and oxygen atoms in total. The van der Waals surface area contributed by atoms with Crippen molar-refractivity contribution < 1.29 is 33.4 Å². The van der Waals surface area contributed by atoms with Crippen molar-refractivity contribution in [3.05, 3.63) is 0 Å². The van der Waals surface area contributed by atoms with E-state index in [4.69, 9.17) is 0 Å². The van der Waals surface area contributed by atoms with Crippen molar-refractivity contribution in [3.63, 3.8) is 0 Å². The molecule has 11 heavy (non-hydrogen) atoms. The fourth-order valence-corrected chi connectivity index (χ4v) is 0.195. The van der Waals surface area contributed by atoms with Gasteiger partial charge in [0.05, 0.1) is 0 Å². The highest BCUT2D eigenvalue weighted by Crippen LogP contribution is 1.86. The Labute approximate surface area is 59.8 Å². The first kappa shape index (κ1) is 9.08. The van der Waals surface area contributed by atoms with Crippen molar-refractivity contribution in [2.75, 3.05) is 0 Å². The zero-order valence-electron chi connectivity index (χ0n) is 5.01. The normalized spacial score (nSPS) is 7.64. The fourth-order valence-electron chi connectivity index (χ4n) is 0.195. The van der Waals surface area contributed by atoms with Crippen LogP contribution in [0.2, 0.25) is 0 Å². The smallest absolute Gasteiger partial charge is 0.363 e. The Morgan fingerprint density at radius 3 is 1.55 bits per heavy atom. The molecule has 0 radical (unpaired) electrons. The van der Waals surface area contributed by atoms with E-state index in [2.05, 4.69) is 14.2 Å². The van der Waals surface area contributed by atoms with Crippen LogP contribution in [-0.2, 0) is 23.8 Å².